The molecule has 1 aliphatic carbocycles. The van der Waals surface area contributed by atoms with Crippen LogP contribution >= 0.6 is 0 Å². The maximum Gasteiger partial charge on any atom is 0.227 e. The molecule has 1 saturated carbocycles. The van der Waals surface area contributed by atoms with E-state index in [9.17, 15) is 4.79 Å². The largest absolute Gasteiger partial charge is 0.341 e. The summed E-state index contributed by atoms with van der Waals surface area (Å²) in [4.78, 5) is 17.5. The highest BCUT2D eigenvalue weighted by Crippen LogP contribution is 2.32. The molecule has 5 atom stereocenters. The van der Waals surface area contributed by atoms with Crippen molar-refractivity contribution in [1.82, 2.24) is 9.80 Å². The summed E-state index contributed by atoms with van der Waals surface area (Å²) < 4.78 is 0. The van der Waals surface area contributed by atoms with Gasteiger partial charge in [0, 0.05) is 31.2 Å². The minimum atomic E-state index is 0.0643. The second-order valence-corrected chi connectivity index (χ2v) is 7.22. The lowest BCUT2D eigenvalue weighted by atomic mass is 9.77. The Bertz CT molecular complexity index is 373. The normalized spacial score (nSPS) is 42.5. The molecule has 0 aromatic carbocycles. The van der Waals surface area contributed by atoms with Crippen molar-refractivity contribution in [2.75, 3.05) is 20.1 Å². The van der Waals surface area contributed by atoms with E-state index >= 15 is 0 Å². The zero-order chi connectivity index (χ0) is 14.3. The number of hydrogen-bond acceptors (Lipinski definition) is 3. The van der Waals surface area contributed by atoms with Crippen molar-refractivity contribution in [3.63, 3.8) is 0 Å². The first-order valence-corrected chi connectivity index (χ1v) is 8.34. The molecule has 5 unspecified atom stereocenters. The lowest BCUT2D eigenvalue weighted by molar-refractivity contribution is -0.138. The Morgan fingerprint density at radius 3 is 2.65 bits per heavy atom. The zero-order valence-corrected chi connectivity index (χ0v) is 12.9. The maximum absolute atomic E-state index is 12.9. The van der Waals surface area contributed by atoms with Gasteiger partial charge in [-0.1, -0.05) is 13.3 Å². The third-order valence-electron chi connectivity index (χ3n) is 6.07. The molecule has 1 amide bonds. The summed E-state index contributed by atoms with van der Waals surface area (Å²) >= 11 is 0. The number of rotatable bonds is 1. The molecule has 2 heterocycles. The van der Waals surface area contributed by atoms with Crippen LogP contribution in [0.4, 0.5) is 0 Å². The number of nitrogens with two attached hydrogens (primary N) is 1. The standard InChI is InChI=1S/C16H29N3O/c1-11-4-3-5-14(15(11)17)16(20)19-9-8-12-6-7-13(10-19)18(12)2/h11-15H,3-10,17H2,1-2H3. The molecule has 0 aromatic heterocycles. The molecule has 20 heavy (non-hydrogen) atoms. The predicted octanol–water partition coefficient (Wildman–Crippen LogP) is 1.45. The Morgan fingerprint density at radius 2 is 1.85 bits per heavy atom. The van der Waals surface area contributed by atoms with Gasteiger partial charge in [0.2, 0.25) is 5.91 Å². The van der Waals surface area contributed by atoms with E-state index in [1.807, 2.05) is 0 Å². The van der Waals surface area contributed by atoms with Gasteiger partial charge in [-0.15, -0.1) is 0 Å². The van der Waals surface area contributed by atoms with E-state index < -0.39 is 0 Å². The number of likely N-dealkylation sites (tertiary alicyclic amines) is 1. The summed E-state index contributed by atoms with van der Waals surface area (Å²) in [5.74, 6) is 0.898. The molecule has 3 rings (SSSR count). The highest BCUT2D eigenvalue weighted by molar-refractivity contribution is 5.80. The first kappa shape index (κ1) is 14.3. The molecule has 114 valence electrons. The molecule has 3 fully saturated rings. The van der Waals surface area contributed by atoms with Gasteiger partial charge in [-0.25, -0.2) is 0 Å². The van der Waals surface area contributed by atoms with Gasteiger partial charge in [-0.2, -0.15) is 0 Å². The summed E-state index contributed by atoms with van der Waals surface area (Å²) in [5, 5.41) is 0. The molecular weight excluding hydrogens is 250 g/mol. The summed E-state index contributed by atoms with van der Waals surface area (Å²) in [6.07, 6.45) is 7.02. The van der Waals surface area contributed by atoms with E-state index in [4.69, 9.17) is 5.73 Å². The third-order valence-corrected chi connectivity index (χ3v) is 6.07. The Kier molecular flexibility index (Phi) is 4.04. The number of amides is 1. The zero-order valence-electron chi connectivity index (χ0n) is 12.9. The van der Waals surface area contributed by atoms with Crippen molar-refractivity contribution in [1.29, 1.82) is 0 Å². The number of carbonyl (C=O) groups excluding carboxylic acids is 1. The number of likely N-dealkylation sites (N-methyl/N-ethyl adjacent to an activating group) is 1. The average molecular weight is 279 g/mol. The highest BCUT2D eigenvalue weighted by Gasteiger charge is 2.40. The van der Waals surface area contributed by atoms with Gasteiger partial charge >= 0.3 is 0 Å². The molecule has 0 spiro atoms. The van der Waals surface area contributed by atoms with Gasteiger partial charge < -0.3 is 10.6 Å². The van der Waals surface area contributed by atoms with E-state index in [1.165, 1.54) is 19.3 Å². The Hall–Kier alpha value is -0.610. The highest BCUT2D eigenvalue weighted by atomic mass is 16.2. The van der Waals surface area contributed by atoms with Gasteiger partial charge in [0.25, 0.3) is 0 Å². The number of hydrogen-bond donors (Lipinski definition) is 1. The lowest BCUT2D eigenvalue weighted by Crippen LogP contribution is -2.50. The van der Waals surface area contributed by atoms with Crippen LogP contribution in [0.3, 0.4) is 0 Å². The molecule has 3 aliphatic rings. The monoisotopic (exact) mass is 279 g/mol. The van der Waals surface area contributed by atoms with Gasteiger partial charge in [-0.3, -0.25) is 9.69 Å². The number of fused-ring (bicyclic) bond motifs is 2. The third kappa shape index (κ3) is 2.48. The maximum atomic E-state index is 12.9. The first-order valence-electron chi connectivity index (χ1n) is 8.34. The van der Waals surface area contributed by atoms with E-state index in [-0.39, 0.29) is 12.0 Å². The average Bonchev–Trinajstić information content (AvgIpc) is 2.66. The van der Waals surface area contributed by atoms with Crippen molar-refractivity contribution >= 4 is 5.91 Å². The first-order chi connectivity index (χ1) is 9.58. The fourth-order valence-electron chi connectivity index (χ4n) is 4.47. The van der Waals surface area contributed by atoms with Crippen LogP contribution in [0.2, 0.25) is 0 Å². The van der Waals surface area contributed by atoms with Crippen LogP contribution in [0.1, 0.15) is 45.4 Å². The number of nitrogens with zero attached hydrogens (tertiary/aromatic N) is 2. The second kappa shape index (κ2) is 5.64. The fourth-order valence-corrected chi connectivity index (χ4v) is 4.47. The van der Waals surface area contributed by atoms with E-state index in [0.717, 1.165) is 32.4 Å². The van der Waals surface area contributed by atoms with Gasteiger partial charge in [-0.05, 0) is 45.1 Å². The van der Waals surface area contributed by atoms with Crippen molar-refractivity contribution in [2.45, 2.75) is 63.6 Å². The quantitative estimate of drug-likeness (QED) is 0.790. The van der Waals surface area contributed by atoms with Gasteiger partial charge in [0.05, 0.1) is 5.92 Å². The summed E-state index contributed by atoms with van der Waals surface area (Å²) in [6.45, 7) is 4.05. The van der Waals surface area contributed by atoms with E-state index in [1.54, 1.807) is 0 Å². The lowest BCUT2D eigenvalue weighted by Gasteiger charge is -2.37. The number of carbonyl (C=O) groups is 1. The smallest absolute Gasteiger partial charge is 0.227 e. The van der Waals surface area contributed by atoms with Crippen LogP contribution in [0.15, 0.2) is 0 Å². The fraction of sp³-hybridized carbons (Fsp3) is 0.938. The van der Waals surface area contributed by atoms with Crippen molar-refractivity contribution in [3.05, 3.63) is 0 Å². The molecule has 4 heteroatoms. The molecule has 2 aliphatic heterocycles. The molecule has 0 aromatic rings. The summed E-state index contributed by atoms with van der Waals surface area (Å²) in [5.41, 5.74) is 6.31. The van der Waals surface area contributed by atoms with Crippen LogP contribution in [0, 0.1) is 11.8 Å². The van der Waals surface area contributed by atoms with Crippen LogP contribution in [0.5, 0.6) is 0 Å². The van der Waals surface area contributed by atoms with Crippen molar-refractivity contribution < 1.29 is 4.79 Å². The van der Waals surface area contributed by atoms with Gasteiger partial charge in [0.15, 0.2) is 0 Å². The molecule has 2 N–H and O–H groups in total. The summed E-state index contributed by atoms with van der Waals surface area (Å²) in [7, 11) is 2.23. The Labute approximate surface area is 122 Å². The van der Waals surface area contributed by atoms with Crippen molar-refractivity contribution in [3.8, 4) is 0 Å². The van der Waals surface area contributed by atoms with Gasteiger partial charge in [0.1, 0.15) is 0 Å². The molecular formula is C16H29N3O. The van der Waals surface area contributed by atoms with Crippen molar-refractivity contribution in [2.24, 2.45) is 17.6 Å². The SMILES string of the molecule is CC1CCCC(C(=O)N2CCC3CCC(C2)N3C)C1N. The minimum Gasteiger partial charge on any atom is -0.341 e. The minimum absolute atomic E-state index is 0.0643. The molecule has 0 radical (unpaired) electrons. The Morgan fingerprint density at radius 1 is 1.10 bits per heavy atom. The molecule has 2 bridgehead atoms. The van der Waals surface area contributed by atoms with Crippen LogP contribution in [0.25, 0.3) is 0 Å². The van der Waals surface area contributed by atoms with Crippen LogP contribution in [-0.2, 0) is 4.79 Å². The summed E-state index contributed by atoms with van der Waals surface area (Å²) in [6, 6.07) is 1.33. The van der Waals surface area contributed by atoms with E-state index in [2.05, 4.69) is 23.8 Å². The molecule has 4 nitrogen and oxygen atoms in total. The van der Waals surface area contributed by atoms with Crippen LogP contribution in [-0.4, -0.2) is 54.0 Å². The Balaban J connectivity index is 1.68. The molecule has 2 saturated heterocycles. The second-order valence-electron chi connectivity index (χ2n) is 7.22. The predicted molar refractivity (Wildman–Crippen MR) is 80.3 cm³/mol. The van der Waals surface area contributed by atoms with Crippen LogP contribution < -0.4 is 5.73 Å². The van der Waals surface area contributed by atoms with E-state index in [0.29, 0.717) is 23.9 Å². The topological polar surface area (TPSA) is 49.6 Å².